The maximum absolute atomic E-state index is 13.5. The number of aromatic nitrogens is 1. The number of fused-ring (bicyclic) bond motifs is 1. The van der Waals surface area contributed by atoms with E-state index in [9.17, 15) is 4.39 Å². The highest BCUT2D eigenvalue weighted by molar-refractivity contribution is 5.90. The number of ether oxygens (including phenoxy) is 1. The van der Waals surface area contributed by atoms with Gasteiger partial charge in [-0.15, -0.1) is 0 Å². The smallest absolute Gasteiger partial charge is 0.123 e. The minimum Gasteiger partial charge on any atom is -0.378 e. The molecule has 0 amide bonds. The van der Waals surface area contributed by atoms with Crippen LogP contribution in [-0.4, -0.2) is 37.1 Å². The molecule has 4 nitrogen and oxygen atoms in total. The molecule has 1 saturated heterocycles. The molecule has 1 aliphatic rings. The van der Waals surface area contributed by atoms with Gasteiger partial charge in [-0.1, -0.05) is 18.2 Å². The Labute approximate surface area is 181 Å². The zero-order valence-corrected chi connectivity index (χ0v) is 17.2. The quantitative estimate of drug-likeness (QED) is 0.409. The Morgan fingerprint density at radius 3 is 2.58 bits per heavy atom. The average molecular weight is 413 g/mol. The number of hydrogen-bond donors (Lipinski definition) is 0. The Bertz CT molecular complexity index is 1210. The molecule has 0 saturated carbocycles. The van der Waals surface area contributed by atoms with Crippen molar-refractivity contribution in [2.45, 2.75) is 6.54 Å². The summed E-state index contributed by atoms with van der Waals surface area (Å²) in [4.78, 5) is 6.97. The largest absolute Gasteiger partial charge is 0.378 e. The third kappa shape index (κ3) is 4.52. The van der Waals surface area contributed by atoms with Gasteiger partial charge in [0, 0.05) is 48.6 Å². The van der Waals surface area contributed by atoms with Crippen LogP contribution in [0.3, 0.4) is 0 Å². The van der Waals surface area contributed by atoms with Gasteiger partial charge in [0.1, 0.15) is 5.82 Å². The van der Waals surface area contributed by atoms with Crippen molar-refractivity contribution in [1.29, 1.82) is 0 Å². The van der Waals surface area contributed by atoms with Gasteiger partial charge in [0.25, 0.3) is 0 Å². The molecule has 0 N–H and O–H groups in total. The van der Waals surface area contributed by atoms with E-state index in [1.54, 1.807) is 12.1 Å². The van der Waals surface area contributed by atoms with Gasteiger partial charge in [-0.25, -0.2) is 4.39 Å². The van der Waals surface area contributed by atoms with E-state index in [-0.39, 0.29) is 5.82 Å². The summed E-state index contributed by atoms with van der Waals surface area (Å²) in [5.74, 6) is -0.203. The molecule has 0 spiro atoms. The number of benzene rings is 3. The summed E-state index contributed by atoms with van der Waals surface area (Å²) in [6.07, 6.45) is 3.94. The molecule has 0 bridgehead atoms. The zero-order valence-electron chi connectivity index (χ0n) is 17.2. The topological polar surface area (TPSA) is 29.8 Å². The van der Waals surface area contributed by atoms with Crippen LogP contribution in [0.1, 0.15) is 11.1 Å². The Balaban J connectivity index is 1.30. The molecule has 1 aromatic heterocycles. The van der Waals surface area contributed by atoms with Crippen molar-refractivity contribution in [3.63, 3.8) is 0 Å². The molecule has 1 aliphatic heterocycles. The molecule has 2 heterocycles. The predicted octanol–water partition coefficient (Wildman–Crippen LogP) is 5.42. The van der Waals surface area contributed by atoms with E-state index in [1.807, 2.05) is 18.5 Å². The Kier molecular flexibility index (Phi) is 5.50. The van der Waals surface area contributed by atoms with E-state index in [0.717, 1.165) is 54.0 Å². The lowest BCUT2D eigenvalue weighted by Crippen LogP contribution is -2.36. The predicted molar refractivity (Wildman–Crippen MR) is 124 cm³/mol. The second kappa shape index (κ2) is 8.74. The molecule has 0 aliphatic carbocycles. The first-order valence-corrected chi connectivity index (χ1v) is 10.5. The van der Waals surface area contributed by atoms with Crippen molar-refractivity contribution in [3.8, 4) is 0 Å². The van der Waals surface area contributed by atoms with Gasteiger partial charge in [0.15, 0.2) is 0 Å². The van der Waals surface area contributed by atoms with E-state index < -0.39 is 0 Å². The number of aliphatic imine (C=N–C) groups is 1. The summed E-state index contributed by atoms with van der Waals surface area (Å²) in [5.41, 5.74) is 5.26. The standard InChI is InChI=1S/C26H24FN3O/c27-23-3-1-2-21(17-23)19-30-11-10-22-16-20(4-9-26(22)30)18-28-24-5-7-25(8-6-24)29-12-14-31-15-13-29/h1-11,16-18H,12-15,19H2. The Morgan fingerprint density at radius 2 is 1.77 bits per heavy atom. The monoisotopic (exact) mass is 413 g/mol. The lowest BCUT2D eigenvalue weighted by atomic mass is 10.1. The summed E-state index contributed by atoms with van der Waals surface area (Å²) < 4.78 is 21.0. The molecule has 4 aromatic rings. The van der Waals surface area contributed by atoms with Crippen molar-refractivity contribution in [3.05, 3.63) is 95.9 Å². The van der Waals surface area contributed by atoms with Crippen LogP contribution in [0.2, 0.25) is 0 Å². The summed E-state index contributed by atoms with van der Waals surface area (Å²) >= 11 is 0. The third-order valence-electron chi connectivity index (χ3n) is 5.63. The van der Waals surface area contributed by atoms with Gasteiger partial charge >= 0.3 is 0 Å². The molecule has 156 valence electrons. The van der Waals surface area contributed by atoms with Crippen LogP contribution in [0, 0.1) is 5.82 Å². The van der Waals surface area contributed by atoms with Gasteiger partial charge in [-0.05, 0) is 65.7 Å². The highest BCUT2D eigenvalue weighted by Crippen LogP contribution is 2.22. The highest BCUT2D eigenvalue weighted by atomic mass is 19.1. The van der Waals surface area contributed by atoms with Crippen molar-refractivity contribution >= 4 is 28.5 Å². The molecule has 5 rings (SSSR count). The second-order valence-electron chi connectivity index (χ2n) is 7.77. The van der Waals surface area contributed by atoms with Crippen LogP contribution < -0.4 is 4.90 Å². The number of halogens is 1. The first kappa shape index (κ1) is 19.5. The number of rotatable bonds is 5. The van der Waals surface area contributed by atoms with E-state index >= 15 is 0 Å². The van der Waals surface area contributed by atoms with E-state index in [0.29, 0.717) is 6.54 Å². The minimum absolute atomic E-state index is 0.203. The molecular weight excluding hydrogens is 389 g/mol. The van der Waals surface area contributed by atoms with Crippen molar-refractivity contribution in [2.24, 2.45) is 4.99 Å². The molecule has 31 heavy (non-hydrogen) atoms. The Morgan fingerprint density at radius 1 is 0.935 bits per heavy atom. The molecule has 3 aromatic carbocycles. The fraction of sp³-hybridized carbons (Fsp3) is 0.192. The van der Waals surface area contributed by atoms with Crippen LogP contribution in [0.15, 0.2) is 84.0 Å². The summed E-state index contributed by atoms with van der Waals surface area (Å²) in [6, 6.07) is 23.5. The average Bonchev–Trinajstić information content (AvgIpc) is 3.20. The van der Waals surface area contributed by atoms with Crippen molar-refractivity contribution in [1.82, 2.24) is 4.57 Å². The first-order chi connectivity index (χ1) is 15.2. The lowest BCUT2D eigenvalue weighted by molar-refractivity contribution is 0.122. The molecule has 0 atom stereocenters. The van der Waals surface area contributed by atoms with E-state index in [2.05, 4.69) is 63.0 Å². The van der Waals surface area contributed by atoms with Gasteiger partial charge in [-0.2, -0.15) is 0 Å². The summed E-state index contributed by atoms with van der Waals surface area (Å²) in [6.45, 7) is 4.08. The molecular formula is C26H24FN3O. The number of anilines is 1. The third-order valence-corrected chi connectivity index (χ3v) is 5.63. The first-order valence-electron chi connectivity index (χ1n) is 10.5. The molecule has 5 heteroatoms. The SMILES string of the molecule is Fc1cccc(Cn2ccc3cc(C=Nc4ccc(N5CCOCC5)cc4)ccc32)c1. The fourth-order valence-electron chi connectivity index (χ4n) is 3.99. The molecule has 1 fully saturated rings. The number of morpholine rings is 1. The number of nitrogens with zero attached hydrogens (tertiary/aromatic N) is 3. The maximum Gasteiger partial charge on any atom is 0.123 e. The zero-order chi connectivity index (χ0) is 21.0. The summed E-state index contributed by atoms with van der Waals surface area (Å²) in [7, 11) is 0. The van der Waals surface area contributed by atoms with Gasteiger partial charge in [0.05, 0.1) is 18.9 Å². The number of hydrogen-bond acceptors (Lipinski definition) is 3. The van der Waals surface area contributed by atoms with Crippen LogP contribution >= 0.6 is 0 Å². The van der Waals surface area contributed by atoms with Gasteiger partial charge in [0.2, 0.25) is 0 Å². The van der Waals surface area contributed by atoms with Crippen LogP contribution in [0.25, 0.3) is 10.9 Å². The highest BCUT2D eigenvalue weighted by Gasteiger charge is 2.10. The molecule has 0 unspecified atom stereocenters. The van der Waals surface area contributed by atoms with Crippen LogP contribution in [0.4, 0.5) is 15.8 Å². The van der Waals surface area contributed by atoms with Crippen LogP contribution in [-0.2, 0) is 11.3 Å². The fourth-order valence-corrected chi connectivity index (χ4v) is 3.99. The Hall–Kier alpha value is -3.44. The maximum atomic E-state index is 13.5. The molecule has 0 radical (unpaired) electrons. The van der Waals surface area contributed by atoms with Crippen molar-refractivity contribution in [2.75, 3.05) is 31.2 Å². The lowest BCUT2D eigenvalue weighted by Gasteiger charge is -2.28. The summed E-state index contributed by atoms with van der Waals surface area (Å²) in [5, 5.41) is 1.14. The van der Waals surface area contributed by atoms with Gasteiger partial charge < -0.3 is 14.2 Å². The van der Waals surface area contributed by atoms with E-state index in [4.69, 9.17) is 4.74 Å². The second-order valence-corrected chi connectivity index (χ2v) is 7.77. The van der Waals surface area contributed by atoms with Crippen molar-refractivity contribution < 1.29 is 9.13 Å². The van der Waals surface area contributed by atoms with Crippen LogP contribution in [0.5, 0.6) is 0 Å². The van der Waals surface area contributed by atoms with E-state index in [1.165, 1.54) is 11.8 Å². The minimum atomic E-state index is -0.203. The normalized spacial score (nSPS) is 14.5. The van der Waals surface area contributed by atoms with Gasteiger partial charge in [-0.3, -0.25) is 4.99 Å².